The number of hydrogen-bond donors (Lipinski definition) is 0. The third-order valence-corrected chi connectivity index (χ3v) is 10.9. The minimum atomic E-state index is 0.262. The van der Waals surface area contributed by atoms with Crippen LogP contribution in [0.2, 0.25) is 0 Å². The van der Waals surface area contributed by atoms with Gasteiger partial charge < -0.3 is 0 Å². The molecule has 0 bridgehead atoms. The van der Waals surface area contributed by atoms with E-state index in [9.17, 15) is 0 Å². The molecule has 0 fully saturated rings. The van der Waals surface area contributed by atoms with Gasteiger partial charge in [-0.3, -0.25) is 0 Å². The molecular weight excluding hydrogens is 601 g/mol. The van der Waals surface area contributed by atoms with Gasteiger partial charge in [0.25, 0.3) is 0 Å². The quantitative estimate of drug-likeness (QED) is 0.181. The maximum absolute atomic E-state index is 2.47. The van der Waals surface area contributed by atoms with E-state index in [1.807, 2.05) is 0 Å². The van der Waals surface area contributed by atoms with E-state index in [0.29, 0.717) is 0 Å². The van der Waals surface area contributed by atoms with Crippen LogP contribution in [0.25, 0.3) is 76.8 Å². The SMILES string of the molecule is c1cc(-c2cccc3ccccc23)cc(-c2cc3c(c4ccccc24)CC(c2cccc(-c4cccc5ccccc45)c2)c2ccccc2-3)c1. The van der Waals surface area contributed by atoms with Crippen LogP contribution in [0.3, 0.4) is 0 Å². The van der Waals surface area contributed by atoms with Crippen molar-refractivity contribution in [2.24, 2.45) is 0 Å². The van der Waals surface area contributed by atoms with Crippen molar-refractivity contribution < 1.29 is 0 Å². The topological polar surface area (TPSA) is 0 Å². The molecule has 0 radical (unpaired) electrons. The normalized spacial score (nSPS) is 13.7. The van der Waals surface area contributed by atoms with Crippen LogP contribution < -0.4 is 0 Å². The molecule has 1 atom stereocenters. The van der Waals surface area contributed by atoms with Crippen molar-refractivity contribution >= 4 is 32.3 Å². The summed E-state index contributed by atoms with van der Waals surface area (Å²) in [5.74, 6) is 0.262. The van der Waals surface area contributed by atoms with Crippen LogP contribution in [0.4, 0.5) is 0 Å². The minimum Gasteiger partial charge on any atom is -0.0619 e. The smallest absolute Gasteiger partial charge is 0.0136 e. The van der Waals surface area contributed by atoms with Crippen LogP contribution in [-0.2, 0) is 6.42 Å². The van der Waals surface area contributed by atoms with E-state index in [1.165, 1.54) is 93.5 Å². The molecule has 1 aliphatic rings. The third-order valence-electron chi connectivity index (χ3n) is 10.9. The Balaban J connectivity index is 1.12. The highest BCUT2D eigenvalue weighted by Gasteiger charge is 2.28. The first-order valence-electron chi connectivity index (χ1n) is 17.6. The summed E-state index contributed by atoms with van der Waals surface area (Å²) in [6.45, 7) is 0. The van der Waals surface area contributed by atoms with Gasteiger partial charge in [0.05, 0.1) is 0 Å². The van der Waals surface area contributed by atoms with Gasteiger partial charge in [0.15, 0.2) is 0 Å². The molecule has 0 spiro atoms. The Bertz CT molecular complexity index is 2740. The van der Waals surface area contributed by atoms with Crippen molar-refractivity contribution in [1.82, 2.24) is 0 Å². The van der Waals surface area contributed by atoms with Gasteiger partial charge in [-0.15, -0.1) is 0 Å². The van der Waals surface area contributed by atoms with E-state index in [1.54, 1.807) is 0 Å². The van der Waals surface area contributed by atoms with Crippen LogP contribution in [0.15, 0.2) is 188 Å². The number of benzene rings is 9. The van der Waals surface area contributed by atoms with Crippen LogP contribution >= 0.6 is 0 Å². The fourth-order valence-electron chi connectivity index (χ4n) is 8.52. The highest BCUT2D eigenvalue weighted by atomic mass is 14.3. The van der Waals surface area contributed by atoms with Gasteiger partial charge in [-0.2, -0.15) is 0 Å². The number of fused-ring (bicyclic) bond motifs is 7. The molecule has 9 aromatic rings. The van der Waals surface area contributed by atoms with Crippen molar-refractivity contribution in [2.45, 2.75) is 12.3 Å². The summed E-state index contributed by atoms with van der Waals surface area (Å²) in [6, 6.07) is 69.7. The fourth-order valence-corrected chi connectivity index (χ4v) is 8.52. The monoisotopic (exact) mass is 634 g/mol. The largest absolute Gasteiger partial charge is 0.0619 e. The Morgan fingerprint density at radius 2 is 0.820 bits per heavy atom. The molecule has 234 valence electrons. The van der Waals surface area contributed by atoms with Crippen molar-refractivity contribution in [3.63, 3.8) is 0 Å². The maximum Gasteiger partial charge on any atom is 0.0136 e. The van der Waals surface area contributed by atoms with Gasteiger partial charge in [-0.25, -0.2) is 0 Å². The maximum atomic E-state index is 2.47. The first-order chi connectivity index (χ1) is 24.8. The van der Waals surface area contributed by atoms with E-state index in [2.05, 4.69) is 188 Å². The van der Waals surface area contributed by atoms with Gasteiger partial charge in [0, 0.05) is 5.92 Å². The van der Waals surface area contributed by atoms with Crippen molar-refractivity contribution in [1.29, 1.82) is 0 Å². The average Bonchev–Trinajstić information content (AvgIpc) is 3.20. The highest BCUT2D eigenvalue weighted by Crippen LogP contribution is 2.48. The molecule has 0 heterocycles. The van der Waals surface area contributed by atoms with Gasteiger partial charge in [0.2, 0.25) is 0 Å². The molecule has 0 saturated carbocycles. The Labute approximate surface area is 292 Å². The average molecular weight is 635 g/mol. The molecule has 0 N–H and O–H groups in total. The summed E-state index contributed by atoms with van der Waals surface area (Å²) in [4.78, 5) is 0. The molecule has 0 amide bonds. The van der Waals surface area contributed by atoms with E-state index in [-0.39, 0.29) is 5.92 Å². The molecule has 50 heavy (non-hydrogen) atoms. The van der Waals surface area contributed by atoms with Crippen LogP contribution in [-0.4, -0.2) is 0 Å². The lowest BCUT2D eigenvalue weighted by molar-refractivity contribution is 0.799. The van der Waals surface area contributed by atoms with Crippen LogP contribution in [0.1, 0.15) is 22.6 Å². The Morgan fingerprint density at radius 1 is 0.320 bits per heavy atom. The highest BCUT2D eigenvalue weighted by molar-refractivity contribution is 6.05. The first kappa shape index (κ1) is 28.7. The molecule has 0 heteroatoms. The number of rotatable bonds is 4. The molecule has 10 rings (SSSR count). The molecule has 0 aromatic heterocycles. The van der Waals surface area contributed by atoms with Gasteiger partial charge >= 0.3 is 0 Å². The summed E-state index contributed by atoms with van der Waals surface area (Å²) < 4.78 is 0. The summed E-state index contributed by atoms with van der Waals surface area (Å²) in [6.07, 6.45) is 0.960. The van der Waals surface area contributed by atoms with Gasteiger partial charge in [0.1, 0.15) is 0 Å². The lowest BCUT2D eigenvalue weighted by Gasteiger charge is -2.30. The third kappa shape index (κ3) is 4.68. The van der Waals surface area contributed by atoms with Crippen LogP contribution in [0, 0.1) is 0 Å². The van der Waals surface area contributed by atoms with E-state index < -0.39 is 0 Å². The van der Waals surface area contributed by atoms with Crippen molar-refractivity contribution in [3.8, 4) is 44.5 Å². The Morgan fingerprint density at radius 3 is 1.54 bits per heavy atom. The van der Waals surface area contributed by atoms with Gasteiger partial charge in [-0.1, -0.05) is 176 Å². The zero-order chi connectivity index (χ0) is 33.0. The molecule has 0 nitrogen and oxygen atoms in total. The standard InChI is InChI=1S/C50H34/c1-3-21-39-33(13-1)15-11-27-41(39)35-17-9-19-37(29-35)47-31-49-46-26-8-6-24-44(46)48(32-50(49)45-25-7-5-23-43(45)47)38-20-10-18-36(30-38)42-28-12-16-34-14-2-4-22-40(34)42/h1-31,48H,32H2. The van der Waals surface area contributed by atoms with Crippen LogP contribution in [0.5, 0.6) is 0 Å². The van der Waals surface area contributed by atoms with E-state index >= 15 is 0 Å². The second-order valence-corrected chi connectivity index (χ2v) is 13.6. The molecule has 9 aromatic carbocycles. The zero-order valence-electron chi connectivity index (χ0n) is 27.7. The van der Waals surface area contributed by atoms with Crippen molar-refractivity contribution in [2.75, 3.05) is 0 Å². The summed E-state index contributed by atoms with van der Waals surface area (Å²) in [7, 11) is 0. The molecule has 0 aliphatic heterocycles. The van der Waals surface area contributed by atoms with E-state index in [4.69, 9.17) is 0 Å². The fraction of sp³-hybridized carbons (Fsp3) is 0.0400. The molecular formula is C50H34. The van der Waals surface area contributed by atoms with E-state index in [0.717, 1.165) is 6.42 Å². The zero-order valence-corrected chi connectivity index (χ0v) is 27.7. The lowest BCUT2D eigenvalue weighted by Crippen LogP contribution is -2.13. The predicted molar refractivity (Wildman–Crippen MR) is 213 cm³/mol. The lowest BCUT2D eigenvalue weighted by atomic mass is 9.73. The van der Waals surface area contributed by atoms with Gasteiger partial charge in [-0.05, 0) is 112 Å². The summed E-state index contributed by atoms with van der Waals surface area (Å²) in [5.41, 5.74) is 14.5. The predicted octanol–water partition coefficient (Wildman–Crippen LogP) is 13.5. The van der Waals surface area contributed by atoms with Crippen molar-refractivity contribution in [3.05, 3.63) is 205 Å². The Hall–Kier alpha value is -6.24. The summed E-state index contributed by atoms with van der Waals surface area (Å²) in [5, 5.41) is 7.78. The molecule has 0 saturated heterocycles. The minimum absolute atomic E-state index is 0.262. The Kier molecular flexibility index (Phi) is 6.74. The summed E-state index contributed by atoms with van der Waals surface area (Å²) >= 11 is 0. The molecule has 1 unspecified atom stereocenters. The second-order valence-electron chi connectivity index (χ2n) is 13.6. The second kappa shape index (κ2) is 11.7. The first-order valence-corrected chi connectivity index (χ1v) is 17.6. The molecule has 1 aliphatic carbocycles. The number of hydrogen-bond acceptors (Lipinski definition) is 0.